The van der Waals surface area contributed by atoms with Gasteiger partial charge in [-0.2, -0.15) is 0 Å². The average Bonchev–Trinajstić information content (AvgIpc) is 2.26. The molecule has 15 heavy (non-hydrogen) atoms. The molecule has 0 aromatic carbocycles. The summed E-state index contributed by atoms with van der Waals surface area (Å²) in [6.45, 7) is 5.44. The topological polar surface area (TPSA) is 55.1 Å². The summed E-state index contributed by atoms with van der Waals surface area (Å²) in [5.74, 6) is 1.49. The largest absolute Gasteiger partial charge is 0.356 e. The molecule has 1 aliphatic carbocycles. The van der Waals surface area contributed by atoms with Crippen molar-refractivity contribution in [2.45, 2.75) is 39.5 Å². The van der Waals surface area contributed by atoms with Gasteiger partial charge in [0, 0.05) is 19.0 Å². The Kier molecular flexibility index (Phi) is 5.09. The van der Waals surface area contributed by atoms with Gasteiger partial charge in [0.1, 0.15) is 0 Å². The van der Waals surface area contributed by atoms with Crippen LogP contribution in [0, 0.1) is 17.8 Å². The molecule has 0 radical (unpaired) electrons. The maximum Gasteiger partial charge on any atom is 0.224 e. The molecule has 3 unspecified atom stereocenters. The van der Waals surface area contributed by atoms with Gasteiger partial charge < -0.3 is 11.1 Å². The third-order valence-corrected chi connectivity index (χ3v) is 3.63. The van der Waals surface area contributed by atoms with E-state index in [1.165, 1.54) is 25.7 Å². The monoisotopic (exact) mass is 212 g/mol. The number of nitrogens with two attached hydrogens (primary N) is 1. The van der Waals surface area contributed by atoms with Gasteiger partial charge in [0.15, 0.2) is 0 Å². The Bertz CT molecular complexity index is 206. The zero-order chi connectivity index (χ0) is 11.3. The normalized spacial score (nSPS) is 28.5. The highest BCUT2D eigenvalue weighted by atomic mass is 16.1. The van der Waals surface area contributed by atoms with E-state index in [9.17, 15) is 4.79 Å². The molecule has 88 valence electrons. The smallest absolute Gasteiger partial charge is 0.224 e. The molecule has 0 aromatic rings. The Hall–Kier alpha value is -0.570. The minimum absolute atomic E-state index is 0.0519. The summed E-state index contributed by atoms with van der Waals surface area (Å²) in [5.41, 5.74) is 5.45. The fourth-order valence-electron chi connectivity index (χ4n) is 2.21. The van der Waals surface area contributed by atoms with Crippen molar-refractivity contribution >= 4 is 5.91 Å². The van der Waals surface area contributed by atoms with E-state index in [4.69, 9.17) is 5.73 Å². The van der Waals surface area contributed by atoms with Crippen LogP contribution < -0.4 is 11.1 Å². The Balaban J connectivity index is 2.26. The number of rotatable bonds is 4. The van der Waals surface area contributed by atoms with Gasteiger partial charge in [-0.05, 0) is 18.3 Å². The molecular weight excluding hydrogens is 188 g/mol. The summed E-state index contributed by atoms with van der Waals surface area (Å²) in [6.07, 6.45) is 5.24. The molecule has 0 aromatic heterocycles. The second kappa shape index (κ2) is 6.11. The summed E-state index contributed by atoms with van der Waals surface area (Å²) in [5, 5.41) is 3.01. The van der Waals surface area contributed by atoms with Crippen molar-refractivity contribution < 1.29 is 4.79 Å². The molecule has 1 amide bonds. The molecule has 1 rings (SSSR count). The van der Waals surface area contributed by atoms with E-state index in [2.05, 4.69) is 12.2 Å². The third kappa shape index (κ3) is 3.82. The second-order valence-corrected chi connectivity index (χ2v) is 4.90. The van der Waals surface area contributed by atoms with Crippen molar-refractivity contribution in [2.75, 3.05) is 13.1 Å². The first-order valence-electron chi connectivity index (χ1n) is 6.13. The van der Waals surface area contributed by atoms with Crippen molar-refractivity contribution in [3.63, 3.8) is 0 Å². The van der Waals surface area contributed by atoms with Gasteiger partial charge in [0.2, 0.25) is 5.91 Å². The van der Waals surface area contributed by atoms with Gasteiger partial charge in [-0.3, -0.25) is 4.79 Å². The molecule has 0 aliphatic heterocycles. The van der Waals surface area contributed by atoms with Gasteiger partial charge in [0.05, 0.1) is 0 Å². The van der Waals surface area contributed by atoms with Gasteiger partial charge >= 0.3 is 0 Å². The van der Waals surface area contributed by atoms with Crippen molar-refractivity contribution in [3.8, 4) is 0 Å². The summed E-state index contributed by atoms with van der Waals surface area (Å²) in [7, 11) is 0. The van der Waals surface area contributed by atoms with Crippen LogP contribution in [0.4, 0.5) is 0 Å². The predicted octanol–water partition coefficient (Wildman–Crippen LogP) is 1.52. The zero-order valence-electron chi connectivity index (χ0n) is 9.96. The summed E-state index contributed by atoms with van der Waals surface area (Å²) >= 11 is 0. The fourth-order valence-corrected chi connectivity index (χ4v) is 2.21. The van der Waals surface area contributed by atoms with Crippen molar-refractivity contribution in [2.24, 2.45) is 23.5 Å². The molecule has 0 spiro atoms. The van der Waals surface area contributed by atoms with Crippen molar-refractivity contribution in [1.29, 1.82) is 0 Å². The molecule has 1 saturated carbocycles. The van der Waals surface area contributed by atoms with E-state index in [-0.39, 0.29) is 11.8 Å². The predicted molar refractivity (Wildman–Crippen MR) is 62.4 cm³/mol. The van der Waals surface area contributed by atoms with E-state index in [0.717, 1.165) is 12.5 Å². The standard InChI is InChI=1S/C12H24N2O/c1-9-5-3-4-6-11(9)8-14-12(15)10(2)7-13/h9-11H,3-8,13H2,1-2H3,(H,14,15). The number of nitrogens with one attached hydrogen (secondary N) is 1. The van der Waals surface area contributed by atoms with E-state index in [0.29, 0.717) is 12.5 Å². The SMILES string of the molecule is CC(CN)C(=O)NCC1CCCCC1C. The van der Waals surface area contributed by atoms with E-state index >= 15 is 0 Å². The summed E-state index contributed by atoms with van der Waals surface area (Å²) in [4.78, 5) is 11.5. The van der Waals surface area contributed by atoms with Crippen molar-refractivity contribution in [1.82, 2.24) is 5.32 Å². The zero-order valence-corrected chi connectivity index (χ0v) is 9.96. The molecule has 0 bridgehead atoms. The number of hydrogen-bond donors (Lipinski definition) is 2. The summed E-state index contributed by atoms with van der Waals surface area (Å²) in [6, 6.07) is 0. The van der Waals surface area contributed by atoms with Crippen LogP contribution in [0.5, 0.6) is 0 Å². The number of amides is 1. The quantitative estimate of drug-likeness (QED) is 0.742. The Labute approximate surface area is 92.8 Å². The van der Waals surface area contributed by atoms with E-state index < -0.39 is 0 Å². The van der Waals surface area contributed by atoms with E-state index in [1.54, 1.807) is 0 Å². The number of carbonyl (C=O) groups excluding carboxylic acids is 1. The van der Waals surface area contributed by atoms with Crippen LogP contribution >= 0.6 is 0 Å². The maximum absolute atomic E-state index is 11.5. The van der Waals surface area contributed by atoms with Gasteiger partial charge in [-0.15, -0.1) is 0 Å². The summed E-state index contributed by atoms with van der Waals surface area (Å²) < 4.78 is 0. The maximum atomic E-state index is 11.5. The highest BCUT2D eigenvalue weighted by Crippen LogP contribution is 2.28. The highest BCUT2D eigenvalue weighted by molar-refractivity contribution is 5.78. The highest BCUT2D eigenvalue weighted by Gasteiger charge is 2.22. The molecule has 0 heterocycles. The Morgan fingerprint density at radius 1 is 1.47 bits per heavy atom. The van der Waals surface area contributed by atoms with Crippen LogP contribution in [0.2, 0.25) is 0 Å². The molecule has 3 atom stereocenters. The molecule has 3 heteroatoms. The van der Waals surface area contributed by atoms with Crippen LogP contribution in [0.1, 0.15) is 39.5 Å². The Morgan fingerprint density at radius 3 is 2.73 bits per heavy atom. The van der Waals surface area contributed by atoms with Crippen LogP contribution in [0.15, 0.2) is 0 Å². The van der Waals surface area contributed by atoms with Gasteiger partial charge in [-0.1, -0.05) is 33.1 Å². The average molecular weight is 212 g/mol. The molecule has 0 saturated heterocycles. The molecule has 3 N–H and O–H groups in total. The lowest BCUT2D eigenvalue weighted by Crippen LogP contribution is -2.38. The van der Waals surface area contributed by atoms with Crippen LogP contribution in [0.3, 0.4) is 0 Å². The lowest BCUT2D eigenvalue weighted by molar-refractivity contribution is -0.124. The van der Waals surface area contributed by atoms with E-state index in [1.807, 2.05) is 6.92 Å². The fraction of sp³-hybridized carbons (Fsp3) is 0.917. The minimum Gasteiger partial charge on any atom is -0.356 e. The minimum atomic E-state index is -0.0519. The van der Waals surface area contributed by atoms with Crippen LogP contribution in [-0.2, 0) is 4.79 Å². The van der Waals surface area contributed by atoms with Gasteiger partial charge in [0.25, 0.3) is 0 Å². The van der Waals surface area contributed by atoms with Gasteiger partial charge in [-0.25, -0.2) is 0 Å². The number of hydrogen-bond acceptors (Lipinski definition) is 2. The molecule has 1 aliphatic rings. The lowest BCUT2D eigenvalue weighted by Gasteiger charge is -2.29. The Morgan fingerprint density at radius 2 is 2.13 bits per heavy atom. The number of carbonyl (C=O) groups is 1. The van der Waals surface area contributed by atoms with Crippen LogP contribution in [-0.4, -0.2) is 19.0 Å². The molecule has 1 fully saturated rings. The molecular formula is C12H24N2O. The third-order valence-electron chi connectivity index (χ3n) is 3.63. The lowest BCUT2D eigenvalue weighted by atomic mass is 9.80. The molecule has 3 nitrogen and oxygen atoms in total. The first kappa shape index (κ1) is 12.5. The first-order valence-corrected chi connectivity index (χ1v) is 6.13. The first-order chi connectivity index (χ1) is 7.15. The van der Waals surface area contributed by atoms with Crippen LogP contribution in [0.25, 0.3) is 0 Å². The second-order valence-electron chi connectivity index (χ2n) is 4.90. The van der Waals surface area contributed by atoms with Crippen molar-refractivity contribution in [3.05, 3.63) is 0 Å².